The maximum atomic E-state index is 13.2. The third-order valence-corrected chi connectivity index (χ3v) is 8.09. The van der Waals surface area contributed by atoms with Crippen molar-refractivity contribution >= 4 is 34.7 Å². The summed E-state index contributed by atoms with van der Waals surface area (Å²) in [5.74, 6) is -1.96. The van der Waals surface area contributed by atoms with Gasteiger partial charge in [-0.25, -0.2) is 0 Å². The second-order valence-electron chi connectivity index (χ2n) is 10.9. The van der Waals surface area contributed by atoms with Gasteiger partial charge in [0.15, 0.2) is 0 Å². The van der Waals surface area contributed by atoms with E-state index < -0.39 is 22.7 Å². The maximum Gasteiger partial charge on any atom is 0.295 e. The number of aliphatic hydroxyl groups excluding tert-OH is 1. The molecule has 2 aromatic carbocycles. The fourth-order valence-electron chi connectivity index (χ4n) is 5.56. The van der Waals surface area contributed by atoms with Crippen LogP contribution in [0.5, 0.6) is 0 Å². The molecule has 1 aliphatic rings. The zero-order valence-electron chi connectivity index (χ0n) is 24.2. The van der Waals surface area contributed by atoms with Crippen LogP contribution in [0.4, 0.5) is 5.69 Å². The summed E-state index contributed by atoms with van der Waals surface area (Å²) in [6.45, 7) is 2.52. The number of rotatable bonds is 18. The Labute approximate surface area is 248 Å². The second kappa shape index (κ2) is 16.9. The molecule has 8 heteroatoms. The summed E-state index contributed by atoms with van der Waals surface area (Å²) in [5, 5.41) is 23.4. The molecular formula is C33H43ClN2O5. The highest BCUT2D eigenvalue weighted by molar-refractivity contribution is 6.46. The van der Waals surface area contributed by atoms with E-state index in [1.54, 1.807) is 42.5 Å². The van der Waals surface area contributed by atoms with Crippen LogP contribution >= 0.6 is 11.6 Å². The van der Waals surface area contributed by atoms with Crippen LogP contribution in [0.1, 0.15) is 114 Å². The molecule has 1 fully saturated rings. The van der Waals surface area contributed by atoms with E-state index in [0.717, 1.165) is 19.3 Å². The molecule has 0 radical (unpaired) electrons. The first-order valence-electron chi connectivity index (χ1n) is 15.1. The predicted octanol–water partition coefficient (Wildman–Crippen LogP) is 9.15. The summed E-state index contributed by atoms with van der Waals surface area (Å²) >= 11 is 5.98. The smallest absolute Gasteiger partial charge is 0.295 e. The number of aliphatic hydroxyl groups is 1. The van der Waals surface area contributed by atoms with Gasteiger partial charge in [0.2, 0.25) is 0 Å². The maximum absolute atomic E-state index is 13.2. The Morgan fingerprint density at radius 2 is 1.34 bits per heavy atom. The Kier molecular flexibility index (Phi) is 13.3. The van der Waals surface area contributed by atoms with E-state index in [1.165, 1.54) is 75.2 Å². The zero-order valence-corrected chi connectivity index (χ0v) is 24.9. The molecule has 1 unspecified atom stereocenters. The molecule has 1 atom stereocenters. The molecule has 1 N–H and O–H groups in total. The summed E-state index contributed by atoms with van der Waals surface area (Å²) in [4.78, 5) is 39.1. The lowest BCUT2D eigenvalue weighted by atomic mass is 9.94. The van der Waals surface area contributed by atoms with Gasteiger partial charge in [-0.05, 0) is 36.8 Å². The average molecular weight is 583 g/mol. The molecule has 1 amide bonds. The van der Waals surface area contributed by atoms with E-state index >= 15 is 0 Å². The van der Waals surface area contributed by atoms with E-state index in [4.69, 9.17) is 11.6 Å². The standard InChI is InChI=1S/C33H43ClN2O5/c1-2-3-4-5-6-7-8-9-10-11-12-13-14-17-24-35-30(27-18-15-16-19-28(27)36(40)41)29(32(38)33(35)39)31(37)25-20-22-26(34)23-21-25/h15-16,18-23,30,37H,2-14,17,24H2,1H3. The summed E-state index contributed by atoms with van der Waals surface area (Å²) in [6.07, 6.45) is 16.8. The summed E-state index contributed by atoms with van der Waals surface area (Å²) in [6, 6.07) is 11.3. The van der Waals surface area contributed by atoms with Crippen LogP contribution in [0, 0.1) is 10.1 Å². The van der Waals surface area contributed by atoms with Crippen molar-refractivity contribution in [1.82, 2.24) is 4.90 Å². The highest BCUT2D eigenvalue weighted by Gasteiger charge is 2.47. The molecule has 0 saturated carbocycles. The number of likely N-dealkylation sites (tertiary alicyclic amines) is 1. The minimum absolute atomic E-state index is 0.142. The molecule has 3 rings (SSSR count). The molecule has 1 saturated heterocycles. The molecule has 0 aliphatic carbocycles. The zero-order chi connectivity index (χ0) is 29.6. The third kappa shape index (κ3) is 9.15. The molecule has 1 heterocycles. The van der Waals surface area contributed by atoms with Gasteiger partial charge < -0.3 is 10.0 Å². The van der Waals surface area contributed by atoms with E-state index in [-0.39, 0.29) is 29.1 Å². The number of carbonyl (C=O) groups is 2. The molecule has 0 spiro atoms. The van der Waals surface area contributed by atoms with Gasteiger partial charge in [-0.2, -0.15) is 0 Å². The van der Waals surface area contributed by atoms with Gasteiger partial charge in [-0.3, -0.25) is 19.7 Å². The van der Waals surface area contributed by atoms with Crippen molar-refractivity contribution in [3.63, 3.8) is 0 Å². The second-order valence-corrected chi connectivity index (χ2v) is 11.3. The number of hydrogen-bond acceptors (Lipinski definition) is 5. The number of halogens is 1. The minimum Gasteiger partial charge on any atom is -0.507 e. The van der Waals surface area contributed by atoms with Crippen molar-refractivity contribution in [3.8, 4) is 0 Å². The van der Waals surface area contributed by atoms with Crippen LogP contribution in [0.3, 0.4) is 0 Å². The lowest BCUT2D eigenvalue weighted by Crippen LogP contribution is -2.31. The van der Waals surface area contributed by atoms with Crippen molar-refractivity contribution in [3.05, 3.63) is 80.4 Å². The Morgan fingerprint density at radius 1 is 0.829 bits per heavy atom. The Balaban J connectivity index is 1.61. The fourth-order valence-corrected chi connectivity index (χ4v) is 5.68. The number of benzene rings is 2. The number of amides is 1. The van der Waals surface area contributed by atoms with Crippen molar-refractivity contribution in [2.24, 2.45) is 0 Å². The van der Waals surface area contributed by atoms with Gasteiger partial charge in [0.1, 0.15) is 5.76 Å². The van der Waals surface area contributed by atoms with Crippen molar-refractivity contribution in [1.29, 1.82) is 0 Å². The number of nitro groups is 1. The predicted molar refractivity (Wildman–Crippen MR) is 164 cm³/mol. The SMILES string of the molecule is CCCCCCCCCCCCCCCCN1C(=O)C(=O)C(=C(O)c2ccc(Cl)cc2)C1c1ccccc1[N+](=O)[O-]. The molecule has 2 aromatic rings. The Hall–Kier alpha value is -3.19. The number of nitrogens with zero attached hydrogens (tertiary/aromatic N) is 2. The number of Topliss-reactive ketones (excluding diaryl/α,β-unsaturated/α-hetero) is 1. The number of ketones is 1. The topological polar surface area (TPSA) is 101 Å². The van der Waals surface area contributed by atoms with Crippen LogP contribution in [0.2, 0.25) is 5.02 Å². The number of hydrogen-bond donors (Lipinski definition) is 1. The molecular weight excluding hydrogens is 540 g/mol. The van der Waals surface area contributed by atoms with Gasteiger partial charge in [0.05, 0.1) is 22.1 Å². The van der Waals surface area contributed by atoms with Gasteiger partial charge >= 0.3 is 0 Å². The lowest BCUT2D eigenvalue weighted by molar-refractivity contribution is -0.385. The molecule has 0 bridgehead atoms. The van der Waals surface area contributed by atoms with Gasteiger partial charge in [-0.1, -0.05) is 114 Å². The van der Waals surface area contributed by atoms with E-state index in [2.05, 4.69) is 6.92 Å². The van der Waals surface area contributed by atoms with Crippen LogP contribution in [0.25, 0.3) is 5.76 Å². The average Bonchev–Trinajstić information content (AvgIpc) is 3.22. The number of carbonyl (C=O) groups excluding carboxylic acids is 2. The first-order chi connectivity index (χ1) is 19.9. The largest absolute Gasteiger partial charge is 0.507 e. The lowest BCUT2D eigenvalue weighted by Gasteiger charge is -2.25. The van der Waals surface area contributed by atoms with E-state index in [1.807, 2.05) is 0 Å². The number of para-hydroxylation sites is 1. The van der Waals surface area contributed by atoms with Crippen molar-refractivity contribution in [2.75, 3.05) is 6.54 Å². The van der Waals surface area contributed by atoms with Gasteiger partial charge in [0, 0.05) is 23.2 Å². The van der Waals surface area contributed by atoms with E-state index in [0.29, 0.717) is 17.0 Å². The third-order valence-electron chi connectivity index (χ3n) is 7.84. The summed E-state index contributed by atoms with van der Waals surface area (Å²) < 4.78 is 0. The van der Waals surface area contributed by atoms with Crippen molar-refractivity contribution < 1.29 is 19.6 Å². The van der Waals surface area contributed by atoms with Crippen molar-refractivity contribution in [2.45, 2.75) is 103 Å². The fraction of sp³-hybridized carbons (Fsp3) is 0.515. The quantitative estimate of drug-likeness (QED) is 0.0471. The molecule has 7 nitrogen and oxygen atoms in total. The molecule has 41 heavy (non-hydrogen) atoms. The van der Waals surface area contributed by atoms with Crippen LogP contribution < -0.4 is 0 Å². The van der Waals surface area contributed by atoms with E-state index in [9.17, 15) is 24.8 Å². The highest BCUT2D eigenvalue weighted by atomic mass is 35.5. The normalized spacial score (nSPS) is 16.4. The molecule has 1 aliphatic heterocycles. The Morgan fingerprint density at radius 3 is 1.88 bits per heavy atom. The number of nitro benzene ring substituents is 1. The highest BCUT2D eigenvalue weighted by Crippen LogP contribution is 2.42. The van der Waals surface area contributed by atoms with Crippen LogP contribution in [-0.4, -0.2) is 33.2 Å². The molecule has 0 aromatic heterocycles. The first kappa shape index (κ1) is 32.3. The van der Waals surface area contributed by atoms with Gasteiger partial charge in [-0.15, -0.1) is 0 Å². The summed E-state index contributed by atoms with van der Waals surface area (Å²) in [7, 11) is 0. The number of unbranched alkanes of at least 4 members (excludes halogenated alkanes) is 13. The monoisotopic (exact) mass is 582 g/mol. The van der Waals surface area contributed by atoms with Crippen LogP contribution in [0.15, 0.2) is 54.1 Å². The first-order valence-corrected chi connectivity index (χ1v) is 15.5. The minimum atomic E-state index is -1.05. The van der Waals surface area contributed by atoms with Crippen LogP contribution in [-0.2, 0) is 9.59 Å². The summed E-state index contributed by atoms with van der Waals surface area (Å²) in [5.41, 5.74) is 0.175. The Bertz CT molecular complexity index is 1190. The molecule has 222 valence electrons. The van der Waals surface area contributed by atoms with Gasteiger partial charge in [0.25, 0.3) is 17.4 Å².